The average molecular weight is 430 g/mol. The van der Waals surface area contributed by atoms with Gasteiger partial charge in [-0.1, -0.05) is 24.3 Å². The van der Waals surface area contributed by atoms with Crippen LogP contribution in [0.15, 0.2) is 53.4 Å². The summed E-state index contributed by atoms with van der Waals surface area (Å²) < 4.78 is 13.0. The molecular weight excluding hydrogens is 411 g/mol. The summed E-state index contributed by atoms with van der Waals surface area (Å²) in [7, 11) is 1.46. The molecule has 0 aliphatic carbocycles. The molecule has 9 heteroatoms. The van der Waals surface area contributed by atoms with Gasteiger partial charge in [0.25, 0.3) is 11.1 Å². The molecule has 156 valence electrons. The van der Waals surface area contributed by atoms with Gasteiger partial charge in [-0.2, -0.15) is 0 Å². The summed E-state index contributed by atoms with van der Waals surface area (Å²) in [6, 6.07) is 11.4. The average Bonchev–Trinajstić information content (AvgIpc) is 2.97. The number of carbonyl (C=O) groups is 3. The van der Waals surface area contributed by atoms with Crippen LogP contribution >= 0.6 is 11.8 Å². The Kier molecular flexibility index (Phi) is 6.53. The number of rotatable bonds is 6. The van der Waals surface area contributed by atoms with E-state index < -0.39 is 35.5 Å². The third-order valence-corrected chi connectivity index (χ3v) is 5.39. The van der Waals surface area contributed by atoms with Crippen LogP contribution in [0.25, 0.3) is 6.08 Å². The van der Waals surface area contributed by atoms with Gasteiger partial charge in [0.15, 0.2) is 0 Å². The molecule has 1 fully saturated rings. The van der Waals surface area contributed by atoms with Crippen molar-refractivity contribution in [2.45, 2.75) is 6.10 Å². The fraction of sp³-hybridized carbons (Fsp3) is 0.190. The predicted octanol–water partition coefficient (Wildman–Crippen LogP) is 2.76. The lowest BCUT2D eigenvalue weighted by molar-refractivity contribution is -0.135. The Balaban J connectivity index is 1.62. The molecule has 0 saturated carbocycles. The van der Waals surface area contributed by atoms with Crippen molar-refractivity contribution in [1.29, 1.82) is 0 Å². The van der Waals surface area contributed by atoms with Gasteiger partial charge in [-0.25, -0.2) is 4.39 Å². The van der Waals surface area contributed by atoms with Crippen molar-refractivity contribution in [2.75, 3.05) is 20.1 Å². The summed E-state index contributed by atoms with van der Waals surface area (Å²) in [6.45, 7) is -0.504. The number of hydrogen-bond acceptors (Lipinski definition) is 6. The second kappa shape index (κ2) is 9.10. The lowest BCUT2D eigenvalue weighted by Crippen LogP contribution is -2.41. The van der Waals surface area contributed by atoms with Gasteiger partial charge in [0.2, 0.25) is 5.91 Å². The highest BCUT2D eigenvalue weighted by atomic mass is 32.2. The fourth-order valence-electron chi connectivity index (χ4n) is 2.77. The number of phenols is 1. The third-order valence-electron chi connectivity index (χ3n) is 4.49. The topological polar surface area (TPSA) is 98.2 Å². The van der Waals surface area contributed by atoms with E-state index in [2.05, 4.69) is 0 Å². The highest BCUT2D eigenvalue weighted by Crippen LogP contribution is 2.32. The fourth-order valence-corrected chi connectivity index (χ4v) is 3.60. The van der Waals surface area contributed by atoms with Gasteiger partial charge in [-0.05, 0) is 53.2 Å². The molecule has 2 aromatic carbocycles. The second-order valence-corrected chi connectivity index (χ2v) is 7.69. The molecule has 1 heterocycles. The van der Waals surface area contributed by atoms with Crippen molar-refractivity contribution < 1.29 is 29.0 Å². The Hall–Kier alpha value is -3.17. The maximum Gasteiger partial charge on any atom is 0.294 e. The Bertz CT molecular complexity index is 991. The van der Waals surface area contributed by atoms with Crippen molar-refractivity contribution in [3.63, 3.8) is 0 Å². The molecule has 3 rings (SSSR count). The summed E-state index contributed by atoms with van der Waals surface area (Å²) in [6.07, 6.45) is 0.473. The number of imide groups is 1. The van der Waals surface area contributed by atoms with Gasteiger partial charge in [-0.15, -0.1) is 0 Å². The largest absolute Gasteiger partial charge is 0.508 e. The smallest absolute Gasteiger partial charge is 0.294 e. The van der Waals surface area contributed by atoms with Crippen LogP contribution < -0.4 is 0 Å². The van der Waals surface area contributed by atoms with Crippen LogP contribution in [-0.4, -0.2) is 57.2 Å². The van der Waals surface area contributed by atoms with Gasteiger partial charge < -0.3 is 15.1 Å². The number of nitrogens with zero attached hydrogens (tertiary/aromatic N) is 2. The van der Waals surface area contributed by atoms with E-state index in [1.54, 1.807) is 0 Å². The number of aliphatic hydroxyl groups is 1. The highest BCUT2D eigenvalue weighted by molar-refractivity contribution is 8.18. The number of thioether (sulfide) groups is 1. The van der Waals surface area contributed by atoms with Crippen LogP contribution in [0.2, 0.25) is 0 Å². The molecule has 30 heavy (non-hydrogen) atoms. The van der Waals surface area contributed by atoms with Crippen LogP contribution in [0.3, 0.4) is 0 Å². The summed E-state index contributed by atoms with van der Waals surface area (Å²) in [5.41, 5.74) is 1.07. The van der Waals surface area contributed by atoms with Crippen LogP contribution in [0.1, 0.15) is 17.2 Å². The number of halogens is 1. The quantitative estimate of drug-likeness (QED) is 0.684. The minimum absolute atomic E-state index is 0.0503. The summed E-state index contributed by atoms with van der Waals surface area (Å²) >= 11 is 0.708. The van der Waals surface area contributed by atoms with E-state index in [1.807, 2.05) is 0 Å². The molecule has 0 aromatic heterocycles. The van der Waals surface area contributed by atoms with Gasteiger partial charge in [0, 0.05) is 7.05 Å². The van der Waals surface area contributed by atoms with Crippen LogP contribution in [0, 0.1) is 5.82 Å². The third kappa shape index (κ3) is 5.05. The number of benzene rings is 2. The Morgan fingerprint density at radius 1 is 1.17 bits per heavy atom. The molecule has 1 aliphatic heterocycles. The normalized spacial score (nSPS) is 16.2. The zero-order valence-electron chi connectivity index (χ0n) is 16.0. The number of aliphatic hydroxyl groups excluding tert-OH is 1. The number of phenolic OH excluding ortho intramolecular Hbond substituents is 1. The Labute approximate surface area is 176 Å². The summed E-state index contributed by atoms with van der Waals surface area (Å²) in [4.78, 5) is 39.4. The molecule has 1 atom stereocenters. The predicted molar refractivity (Wildman–Crippen MR) is 110 cm³/mol. The molecule has 0 radical (unpaired) electrons. The van der Waals surface area contributed by atoms with Gasteiger partial charge >= 0.3 is 0 Å². The van der Waals surface area contributed by atoms with Crippen LogP contribution in [0.4, 0.5) is 9.18 Å². The number of hydrogen-bond donors (Lipinski definition) is 2. The van der Waals surface area contributed by atoms with E-state index in [0.717, 1.165) is 4.90 Å². The summed E-state index contributed by atoms with van der Waals surface area (Å²) in [5.74, 6) is -1.47. The van der Waals surface area contributed by atoms with Crippen molar-refractivity contribution in [3.05, 3.63) is 70.4 Å². The monoisotopic (exact) mass is 430 g/mol. The first-order valence-corrected chi connectivity index (χ1v) is 9.78. The molecule has 1 aliphatic rings. The van der Waals surface area contributed by atoms with Crippen LogP contribution in [0.5, 0.6) is 5.75 Å². The molecule has 0 spiro atoms. The first kappa shape index (κ1) is 21.5. The summed E-state index contributed by atoms with van der Waals surface area (Å²) in [5, 5.41) is 19.0. The minimum Gasteiger partial charge on any atom is -0.508 e. The standard InChI is InChI=1S/C21H19FN2O5S/c1-23(11-17(26)14-4-8-16(25)9-5-14)19(27)12-24-20(28)18(30-21(24)29)10-13-2-6-15(22)7-3-13/h2-10,17,25-26H,11-12H2,1H3/b18-10-/t17-/m0/s1. The van der Waals surface area contributed by atoms with E-state index in [4.69, 9.17) is 0 Å². The number of carbonyl (C=O) groups excluding carboxylic acids is 3. The van der Waals surface area contributed by atoms with E-state index >= 15 is 0 Å². The van der Waals surface area contributed by atoms with Crippen molar-refractivity contribution in [2.24, 2.45) is 0 Å². The maximum atomic E-state index is 13.0. The molecule has 0 unspecified atom stereocenters. The van der Waals surface area contributed by atoms with Crippen molar-refractivity contribution in [3.8, 4) is 5.75 Å². The zero-order chi connectivity index (χ0) is 21.8. The lowest BCUT2D eigenvalue weighted by Gasteiger charge is -2.23. The molecule has 3 amide bonds. The molecular formula is C21H19FN2O5S. The highest BCUT2D eigenvalue weighted by Gasteiger charge is 2.37. The van der Waals surface area contributed by atoms with Gasteiger partial charge in [0.05, 0.1) is 17.6 Å². The molecule has 2 N–H and O–H groups in total. The van der Waals surface area contributed by atoms with Crippen molar-refractivity contribution in [1.82, 2.24) is 9.80 Å². The molecule has 2 aromatic rings. The first-order chi connectivity index (χ1) is 14.2. The van der Waals surface area contributed by atoms with Crippen molar-refractivity contribution >= 4 is 34.9 Å². The number of amides is 3. The van der Waals surface area contributed by atoms with E-state index in [0.29, 0.717) is 22.9 Å². The maximum absolute atomic E-state index is 13.0. The van der Waals surface area contributed by atoms with E-state index in [-0.39, 0.29) is 17.2 Å². The first-order valence-electron chi connectivity index (χ1n) is 8.96. The van der Waals surface area contributed by atoms with E-state index in [9.17, 15) is 29.0 Å². The Morgan fingerprint density at radius 2 is 1.80 bits per heavy atom. The molecule has 1 saturated heterocycles. The second-order valence-electron chi connectivity index (χ2n) is 6.70. The zero-order valence-corrected chi connectivity index (χ0v) is 16.8. The molecule has 0 bridgehead atoms. The minimum atomic E-state index is -0.993. The van der Waals surface area contributed by atoms with Gasteiger partial charge in [-0.3, -0.25) is 19.3 Å². The SMILES string of the molecule is CN(C[C@H](O)c1ccc(O)cc1)C(=O)CN1C(=O)S/C(=C\c2ccc(F)cc2)C1=O. The van der Waals surface area contributed by atoms with Gasteiger partial charge in [0.1, 0.15) is 18.1 Å². The molecule has 7 nitrogen and oxygen atoms in total. The lowest BCUT2D eigenvalue weighted by atomic mass is 10.1. The van der Waals surface area contributed by atoms with Crippen LogP contribution in [-0.2, 0) is 9.59 Å². The number of likely N-dealkylation sites (N-methyl/N-ethyl adjacent to an activating group) is 1. The van der Waals surface area contributed by atoms with E-state index in [1.165, 1.54) is 66.6 Å². The Morgan fingerprint density at radius 3 is 2.43 bits per heavy atom. The number of aromatic hydroxyl groups is 1.